The fraction of sp³-hybridized carbons (Fsp3) is 0.364. The number of halogens is 1. The van der Waals surface area contributed by atoms with Gasteiger partial charge >= 0.3 is 5.97 Å². The Morgan fingerprint density at radius 2 is 2.14 bits per heavy atom. The summed E-state index contributed by atoms with van der Waals surface area (Å²) >= 11 is 5.71. The standard InChI is InChI=1S/C11H11ClN2O6S/c12-7-3-4-8(14(17)18)10(6-7)21(19,20)13-5-1-2-9(13)11(15)16/h3-4,6,9H,1-2,5H2,(H,15,16). The van der Waals surface area contributed by atoms with Gasteiger partial charge in [0.1, 0.15) is 6.04 Å². The van der Waals surface area contributed by atoms with Crippen LogP contribution in [0.5, 0.6) is 0 Å². The molecule has 0 bridgehead atoms. The second-order valence-electron chi connectivity index (χ2n) is 4.48. The Balaban J connectivity index is 2.56. The van der Waals surface area contributed by atoms with Crippen molar-refractivity contribution in [1.82, 2.24) is 4.31 Å². The Morgan fingerprint density at radius 1 is 1.48 bits per heavy atom. The number of hydrogen-bond acceptors (Lipinski definition) is 5. The highest BCUT2D eigenvalue weighted by atomic mass is 35.5. The van der Waals surface area contributed by atoms with Crippen molar-refractivity contribution in [3.63, 3.8) is 0 Å². The van der Waals surface area contributed by atoms with Gasteiger partial charge in [0.05, 0.1) is 4.92 Å². The number of benzene rings is 1. The molecular formula is C11H11ClN2O6S. The first-order chi connectivity index (χ1) is 9.75. The molecule has 1 aliphatic rings. The molecule has 8 nitrogen and oxygen atoms in total. The van der Waals surface area contributed by atoms with Crippen molar-refractivity contribution < 1.29 is 23.2 Å². The summed E-state index contributed by atoms with van der Waals surface area (Å²) < 4.78 is 25.8. The third kappa shape index (κ3) is 2.85. The Bertz CT molecular complexity index is 705. The summed E-state index contributed by atoms with van der Waals surface area (Å²) in [5.74, 6) is -1.28. The van der Waals surface area contributed by atoms with Gasteiger partial charge in [0.15, 0.2) is 4.90 Å². The fourth-order valence-corrected chi connectivity index (χ4v) is 4.32. The van der Waals surface area contributed by atoms with E-state index in [4.69, 9.17) is 16.7 Å². The summed E-state index contributed by atoms with van der Waals surface area (Å²) in [6.07, 6.45) is 0.549. The van der Waals surface area contributed by atoms with Gasteiger partial charge in [-0.15, -0.1) is 0 Å². The monoisotopic (exact) mass is 334 g/mol. The number of aliphatic carboxylic acids is 1. The smallest absolute Gasteiger partial charge is 0.322 e. The van der Waals surface area contributed by atoms with Gasteiger partial charge in [-0.2, -0.15) is 4.31 Å². The lowest BCUT2D eigenvalue weighted by molar-refractivity contribution is -0.387. The molecule has 1 aromatic carbocycles. The highest BCUT2D eigenvalue weighted by Crippen LogP contribution is 2.33. The molecule has 1 saturated heterocycles. The Labute approximate surface area is 125 Å². The predicted octanol–water partition coefficient (Wildman–Crippen LogP) is 1.49. The molecule has 0 aromatic heterocycles. The molecule has 0 aliphatic carbocycles. The summed E-state index contributed by atoms with van der Waals surface area (Å²) in [4.78, 5) is 20.7. The number of rotatable bonds is 4. The first-order valence-corrected chi connectivity index (χ1v) is 7.75. The van der Waals surface area contributed by atoms with Crippen LogP contribution < -0.4 is 0 Å². The minimum Gasteiger partial charge on any atom is -0.480 e. The number of nitro benzene ring substituents is 1. The lowest BCUT2D eigenvalue weighted by Gasteiger charge is -2.20. The molecule has 0 radical (unpaired) electrons. The van der Waals surface area contributed by atoms with Gasteiger partial charge in [0.25, 0.3) is 15.7 Å². The molecule has 2 rings (SSSR count). The molecule has 0 spiro atoms. The van der Waals surface area contributed by atoms with Crippen molar-refractivity contribution in [2.75, 3.05) is 6.54 Å². The maximum Gasteiger partial charge on any atom is 0.322 e. The van der Waals surface area contributed by atoms with Crippen LogP contribution in [0.2, 0.25) is 5.02 Å². The quantitative estimate of drug-likeness (QED) is 0.658. The molecule has 1 N–H and O–H groups in total. The third-order valence-corrected chi connectivity index (χ3v) is 5.37. The van der Waals surface area contributed by atoms with Crippen molar-refractivity contribution in [2.24, 2.45) is 0 Å². The van der Waals surface area contributed by atoms with Gasteiger partial charge in [-0.3, -0.25) is 14.9 Å². The first kappa shape index (κ1) is 15.7. The van der Waals surface area contributed by atoms with E-state index in [0.29, 0.717) is 6.42 Å². The Kier molecular flexibility index (Phi) is 4.17. The molecule has 1 heterocycles. The summed E-state index contributed by atoms with van der Waals surface area (Å²) in [5.41, 5.74) is -0.629. The number of nitro groups is 1. The van der Waals surface area contributed by atoms with Gasteiger partial charge in [-0.25, -0.2) is 8.42 Å². The molecule has 1 fully saturated rings. The minimum absolute atomic E-state index is 0.00294. The summed E-state index contributed by atoms with van der Waals surface area (Å²) in [7, 11) is -4.30. The lowest BCUT2D eigenvalue weighted by atomic mass is 10.2. The van der Waals surface area contributed by atoms with Crippen LogP contribution in [0, 0.1) is 10.1 Å². The van der Waals surface area contributed by atoms with Crippen molar-refractivity contribution in [3.05, 3.63) is 33.3 Å². The molecular weight excluding hydrogens is 324 g/mol. The highest BCUT2D eigenvalue weighted by Gasteiger charge is 2.42. The zero-order chi connectivity index (χ0) is 15.8. The van der Waals surface area contributed by atoms with Crippen LogP contribution in [0.1, 0.15) is 12.8 Å². The molecule has 1 atom stereocenters. The number of nitrogens with zero attached hydrogens (tertiary/aromatic N) is 2. The maximum absolute atomic E-state index is 12.5. The van der Waals surface area contributed by atoms with E-state index in [2.05, 4.69) is 0 Å². The molecule has 1 unspecified atom stereocenters. The van der Waals surface area contributed by atoms with Crippen LogP contribution in [-0.4, -0.2) is 41.3 Å². The van der Waals surface area contributed by atoms with Crippen molar-refractivity contribution in [3.8, 4) is 0 Å². The molecule has 0 saturated carbocycles. The van der Waals surface area contributed by atoms with Crippen LogP contribution in [-0.2, 0) is 14.8 Å². The second-order valence-corrected chi connectivity index (χ2v) is 6.78. The number of carboxylic acid groups (broad SMARTS) is 1. The first-order valence-electron chi connectivity index (χ1n) is 5.93. The molecule has 10 heteroatoms. The molecule has 0 amide bonds. The third-order valence-electron chi connectivity index (χ3n) is 3.19. The van der Waals surface area contributed by atoms with Gasteiger partial charge < -0.3 is 5.11 Å². The Morgan fingerprint density at radius 3 is 2.71 bits per heavy atom. The van der Waals surface area contributed by atoms with E-state index < -0.39 is 37.5 Å². The van der Waals surface area contributed by atoms with Crippen molar-refractivity contribution in [1.29, 1.82) is 0 Å². The van der Waals surface area contributed by atoms with Crippen LogP contribution in [0.25, 0.3) is 0 Å². The molecule has 1 aliphatic heterocycles. The van der Waals surface area contributed by atoms with E-state index >= 15 is 0 Å². The van der Waals surface area contributed by atoms with Gasteiger partial charge in [-0.05, 0) is 25.0 Å². The number of hydrogen-bond donors (Lipinski definition) is 1. The zero-order valence-electron chi connectivity index (χ0n) is 10.6. The SMILES string of the molecule is O=C(O)C1CCCN1S(=O)(=O)c1cc(Cl)ccc1[N+](=O)[O-]. The lowest BCUT2D eigenvalue weighted by Crippen LogP contribution is -2.40. The Hall–Kier alpha value is -1.71. The second kappa shape index (κ2) is 5.58. The van der Waals surface area contributed by atoms with Crippen LogP contribution >= 0.6 is 11.6 Å². The number of sulfonamides is 1. The van der Waals surface area contributed by atoms with Crippen LogP contribution in [0.4, 0.5) is 5.69 Å². The van der Waals surface area contributed by atoms with Gasteiger partial charge in [0, 0.05) is 17.6 Å². The maximum atomic E-state index is 12.5. The van der Waals surface area contributed by atoms with Gasteiger partial charge in [0.2, 0.25) is 0 Å². The highest BCUT2D eigenvalue weighted by molar-refractivity contribution is 7.89. The summed E-state index contributed by atoms with van der Waals surface area (Å²) in [6, 6.07) is 1.94. The predicted molar refractivity (Wildman–Crippen MR) is 72.7 cm³/mol. The van der Waals surface area contributed by atoms with E-state index in [0.717, 1.165) is 16.4 Å². The molecule has 1 aromatic rings. The van der Waals surface area contributed by atoms with E-state index in [-0.39, 0.29) is 18.0 Å². The van der Waals surface area contributed by atoms with E-state index in [1.54, 1.807) is 0 Å². The van der Waals surface area contributed by atoms with E-state index in [1.165, 1.54) is 6.07 Å². The van der Waals surface area contributed by atoms with Crippen molar-refractivity contribution in [2.45, 2.75) is 23.8 Å². The fourth-order valence-electron chi connectivity index (χ4n) is 2.25. The molecule has 114 valence electrons. The van der Waals surface area contributed by atoms with Crippen LogP contribution in [0.3, 0.4) is 0 Å². The number of carboxylic acids is 1. The number of carbonyl (C=O) groups is 1. The average molecular weight is 335 g/mol. The normalized spacial score (nSPS) is 19.6. The van der Waals surface area contributed by atoms with Gasteiger partial charge in [-0.1, -0.05) is 11.6 Å². The van der Waals surface area contributed by atoms with Crippen LogP contribution in [0.15, 0.2) is 23.1 Å². The zero-order valence-corrected chi connectivity index (χ0v) is 12.2. The largest absolute Gasteiger partial charge is 0.480 e. The molecule has 21 heavy (non-hydrogen) atoms. The topological polar surface area (TPSA) is 118 Å². The summed E-state index contributed by atoms with van der Waals surface area (Å²) in [6.45, 7) is 0.00294. The van der Waals surface area contributed by atoms with E-state index in [1.807, 2.05) is 0 Å². The minimum atomic E-state index is -4.30. The average Bonchev–Trinajstić information content (AvgIpc) is 2.88. The summed E-state index contributed by atoms with van der Waals surface area (Å²) in [5, 5.41) is 20.1. The van der Waals surface area contributed by atoms with Crippen molar-refractivity contribution >= 4 is 33.3 Å². The van der Waals surface area contributed by atoms with E-state index in [9.17, 15) is 23.3 Å².